The summed E-state index contributed by atoms with van der Waals surface area (Å²) in [5.74, 6) is 1.73. The molecule has 6 heterocycles. The molecule has 3 aliphatic rings. The monoisotopic (exact) mass is 464 g/mol. The minimum absolute atomic E-state index is 0.0341. The summed E-state index contributed by atoms with van der Waals surface area (Å²) in [6.45, 7) is 5.33. The molecule has 0 saturated carbocycles. The Kier molecular flexibility index (Phi) is 5.28. The number of aryl methyl sites for hydroxylation is 1. The lowest BCUT2D eigenvalue weighted by Gasteiger charge is -2.36. The Morgan fingerprint density at radius 2 is 2.18 bits per heavy atom. The molecule has 2 fully saturated rings. The third-order valence-electron chi connectivity index (χ3n) is 7.23. The third kappa shape index (κ3) is 3.46. The Morgan fingerprint density at radius 3 is 2.91 bits per heavy atom. The molecule has 3 aromatic heterocycles. The zero-order valence-electron chi connectivity index (χ0n) is 19.4. The highest BCUT2D eigenvalue weighted by Crippen LogP contribution is 2.44. The van der Waals surface area contributed by atoms with Crippen molar-refractivity contribution >= 4 is 23.1 Å². The second-order valence-corrected chi connectivity index (χ2v) is 9.35. The number of hydrogen-bond donors (Lipinski definition) is 1. The number of hydrogen-bond acceptors (Lipinski definition) is 7. The van der Waals surface area contributed by atoms with Gasteiger partial charge in [-0.05, 0) is 13.0 Å². The van der Waals surface area contributed by atoms with Crippen LogP contribution in [0.2, 0.25) is 0 Å². The van der Waals surface area contributed by atoms with Crippen molar-refractivity contribution in [3.8, 4) is 17.0 Å². The summed E-state index contributed by atoms with van der Waals surface area (Å²) in [4.78, 5) is 20.5. The zero-order chi connectivity index (χ0) is 23.3. The summed E-state index contributed by atoms with van der Waals surface area (Å²) in [5.41, 5.74) is 4.18. The van der Waals surface area contributed by atoms with Gasteiger partial charge in [-0.1, -0.05) is 0 Å². The minimum atomic E-state index is -0.541. The average Bonchev–Trinajstić information content (AvgIpc) is 3.38. The second kappa shape index (κ2) is 8.33. The van der Waals surface area contributed by atoms with Crippen LogP contribution in [-0.2, 0) is 38.1 Å². The van der Waals surface area contributed by atoms with Crippen molar-refractivity contribution in [2.45, 2.75) is 31.5 Å². The van der Waals surface area contributed by atoms with E-state index in [0.717, 1.165) is 65.2 Å². The maximum Gasteiger partial charge on any atom is 0.212 e. The Hall–Kier alpha value is -3.01. The van der Waals surface area contributed by atoms with E-state index in [2.05, 4.69) is 17.2 Å². The van der Waals surface area contributed by atoms with Gasteiger partial charge in [0.15, 0.2) is 0 Å². The minimum Gasteiger partial charge on any atom is -0.490 e. The van der Waals surface area contributed by atoms with E-state index in [0.29, 0.717) is 38.0 Å². The molecule has 6 rings (SSSR count). The van der Waals surface area contributed by atoms with Gasteiger partial charge in [0.25, 0.3) is 0 Å². The van der Waals surface area contributed by atoms with Gasteiger partial charge in [0.1, 0.15) is 23.3 Å². The molecule has 9 nitrogen and oxygen atoms in total. The molecular formula is C25H28N4O5. The van der Waals surface area contributed by atoms with Crippen LogP contribution in [-0.4, -0.2) is 60.1 Å². The molecular weight excluding hydrogens is 436 g/mol. The number of nitrogens with one attached hydrogen (secondary N) is 1. The molecule has 0 aromatic carbocycles. The smallest absolute Gasteiger partial charge is 0.212 e. The number of aromatic nitrogens is 3. The van der Waals surface area contributed by atoms with Gasteiger partial charge >= 0.3 is 0 Å². The third-order valence-corrected chi connectivity index (χ3v) is 7.23. The number of ether oxygens (including phenoxy) is 4. The molecule has 0 aliphatic carbocycles. The predicted octanol–water partition coefficient (Wildman–Crippen LogP) is 2.81. The maximum absolute atomic E-state index is 11.0. The van der Waals surface area contributed by atoms with Gasteiger partial charge in [-0.15, -0.1) is 0 Å². The molecule has 178 valence electrons. The number of amides is 1. The van der Waals surface area contributed by atoms with E-state index in [1.807, 2.05) is 29.9 Å². The molecule has 34 heavy (non-hydrogen) atoms. The molecule has 2 unspecified atom stereocenters. The molecule has 0 radical (unpaired) electrons. The summed E-state index contributed by atoms with van der Waals surface area (Å²) in [6, 6.07) is 3.92. The molecule has 2 saturated heterocycles. The first-order valence-electron chi connectivity index (χ1n) is 11.7. The fourth-order valence-electron chi connectivity index (χ4n) is 5.12. The highest BCUT2D eigenvalue weighted by Gasteiger charge is 2.44. The first-order chi connectivity index (χ1) is 16.6. The van der Waals surface area contributed by atoms with E-state index >= 15 is 0 Å². The summed E-state index contributed by atoms with van der Waals surface area (Å²) in [6.07, 6.45) is 5.99. The molecule has 1 N–H and O–H groups in total. The van der Waals surface area contributed by atoms with Crippen molar-refractivity contribution in [1.82, 2.24) is 14.5 Å². The number of nitrogens with zero attached hydrogens (tertiary/aromatic N) is 3. The zero-order valence-corrected chi connectivity index (χ0v) is 19.4. The lowest BCUT2D eigenvalue weighted by molar-refractivity contribution is -0.105. The Balaban J connectivity index is 1.52. The summed E-state index contributed by atoms with van der Waals surface area (Å²) in [5, 5.41) is 3.60. The molecule has 0 bridgehead atoms. The van der Waals surface area contributed by atoms with E-state index in [4.69, 9.17) is 23.9 Å². The molecule has 3 aromatic rings. The number of carbonyl (C=O) groups is 1. The van der Waals surface area contributed by atoms with Crippen LogP contribution in [0.4, 0.5) is 5.82 Å². The van der Waals surface area contributed by atoms with E-state index in [1.54, 1.807) is 6.20 Å². The van der Waals surface area contributed by atoms with Gasteiger partial charge in [-0.2, -0.15) is 0 Å². The normalized spacial score (nSPS) is 23.0. The van der Waals surface area contributed by atoms with Crippen molar-refractivity contribution in [2.75, 3.05) is 38.4 Å². The SMILES string of the molecule is CC(Oc1cc(-c2cn(C)c3cnc(NC=O)cc23)nc2c1CCOC21CCOC1)C1COC1. The average molecular weight is 465 g/mol. The molecule has 9 heteroatoms. The first-order valence-corrected chi connectivity index (χ1v) is 11.7. The standard InChI is InChI=1S/C25H28N4O5/c1-15(16-11-32-12-16)34-22-8-20(28-24-17(22)3-5-33-25(24)4-6-31-13-25)19-10-29(2)21-9-26-23(27-14-30)7-18(19)21/h7-10,14-16H,3-6,11-13H2,1-2H3,(H,26,27,30). The predicted molar refractivity (Wildman–Crippen MR) is 125 cm³/mol. The maximum atomic E-state index is 11.0. The Morgan fingerprint density at radius 1 is 1.29 bits per heavy atom. The van der Waals surface area contributed by atoms with Crippen molar-refractivity contribution in [1.29, 1.82) is 0 Å². The summed E-state index contributed by atoms with van der Waals surface area (Å²) in [7, 11) is 1.98. The van der Waals surface area contributed by atoms with Crippen LogP contribution < -0.4 is 10.1 Å². The van der Waals surface area contributed by atoms with Crippen molar-refractivity contribution in [2.24, 2.45) is 13.0 Å². The Labute approximate surface area is 197 Å². The van der Waals surface area contributed by atoms with Crippen molar-refractivity contribution < 1.29 is 23.7 Å². The Bertz CT molecular complexity index is 1250. The van der Waals surface area contributed by atoms with Crippen LogP contribution in [0, 0.1) is 5.92 Å². The number of anilines is 1. The quantitative estimate of drug-likeness (QED) is 0.561. The van der Waals surface area contributed by atoms with Gasteiger partial charge in [0, 0.05) is 61.2 Å². The van der Waals surface area contributed by atoms with Crippen molar-refractivity contribution in [3.63, 3.8) is 0 Å². The van der Waals surface area contributed by atoms with Crippen LogP contribution >= 0.6 is 0 Å². The van der Waals surface area contributed by atoms with E-state index in [1.165, 1.54) is 0 Å². The second-order valence-electron chi connectivity index (χ2n) is 9.35. The van der Waals surface area contributed by atoms with E-state index < -0.39 is 5.60 Å². The number of pyridine rings is 2. The van der Waals surface area contributed by atoms with E-state index in [9.17, 15) is 4.79 Å². The van der Waals surface area contributed by atoms with Crippen LogP contribution in [0.25, 0.3) is 22.2 Å². The summed E-state index contributed by atoms with van der Waals surface area (Å²) < 4.78 is 26.0. The highest BCUT2D eigenvalue weighted by atomic mass is 16.6. The molecule has 1 spiro atoms. The van der Waals surface area contributed by atoms with Gasteiger partial charge in [-0.3, -0.25) is 4.79 Å². The van der Waals surface area contributed by atoms with Gasteiger partial charge in [-0.25, -0.2) is 9.97 Å². The van der Waals surface area contributed by atoms with Gasteiger partial charge in [0.05, 0.1) is 49.5 Å². The lowest BCUT2D eigenvalue weighted by atomic mass is 9.89. The number of fused-ring (bicyclic) bond motifs is 3. The number of carbonyl (C=O) groups excluding carboxylic acids is 1. The van der Waals surface area contributed by atoms with Crippen LogP contribution in [0.3, 0.4) is 0 Å². The van der Waals surface area contributed by atoms with Crippen LogP contribution in [0.15, 0.2) is 24.5 Å². The van der Waals surface area contributed by atoms with Crippen LogP contribution in [0.1, 0.15) is 24.6 Å². The van der Waals surface area contributed by atoms with E-state index in [-0.39, 0.29) is 6.10 Å². The molecule has 1 amide bonds. The summed E-state index contributed by atoms with van der Waals surface area (Å²) >= 11 is 0. The van der Waals surface area contributed by atoms with Crippen LogP contribution in [0.5, 0.6) is 5.75 Å². The first kappa shape index (κ1) is 21.5. The van der Waals surface area contributed by atoms with Gasteiger partial charge in [0.2, 0.25) is 6.41 Å². The molecule has 2 atom stereocenters. The topological polar surface area (TPSA) is 96.7 Å². The van der Waals surface area contributed by atoms with Crippen molar-refractivity contribution in [3.05, 3.63) is 35.8 Å². The highest BCUT2D eigenvalue weighted by molar-refractivity contribution is 5.97. The lowest BCUT2D eigenvalue weighted by Crippen LogP contribution is -2.40. The fourth-order valence-corrected chi connectivity index (χ4v) is 5.12. The largest absolute Gasteiger partial charge is 0.490 e. The number of rotatable bonds is 6. The fraction of sp³-hybridized carbons (Fsp3) is 0.480. The van der Waals surface area contributed by atoms with Gasteiger partial charge < -0.3 is 28.8 Å². The molecule has 3 aliphatic heterocycles.